The second-order valence-electron chi connectivity index (χ2n) is 5.06. The molecule has 0 spiro atoms. The van der Waals surface area contributed by atoms with Gasteiger partial charge in [-0.1, -0.05) is 0 Å². The van der Waals surface area contributed by atoms with Crippen molar-refractivity contribution >= 4 is 5.91 Å². The number of piperidine rings is 1. The minimum atomic E-state index is -0.0897. The molecule has 2 heteroatoms. The minimum Gasteiger partial charge on any atom is -0.332 e. The van der Waals surface area contributed by atoms with E-state index in [1.807, 2.05) is 4.90 Å². The van der Waals surface area contributed by atoms with Gasteiger partial charge in [0, 0.05) is 18.0 Å². The molecule has 13 heavy (non-hydrogen) atoms. The summed E-state index contributed by atoms with van der Waals surface area (Å²) in [5, 5.41) is 0. The Morgan fingerprint density at radius 3 is 2.15 bits per heavy atom. The lowest BCUT2D eigenvalue weighted by Gasteiger charge is -2.52. The Morgan fingerprint density at radius 1 is 1.31 bits per heavy atom. The fraction of sp³-hybridized carbons (Fsp3) is 0.818. The highest BCUT2D eigenvalue weighted by Gasteiger charge is 2.42. The fourth-order valence-electron chi connectivity index (χ4n) is 2.59. The Bertz CT molecular complexity index is 202. The predicted octanol–water partition coefficient (Wildman–Crippen LogP) is 2.39. The van der Waals surface area contributed by atoms with Crippen LogP contribution < -0.4 is 0 Å². The highest BCUT2D eigenvalue weighted by molar-refractivity contribution is 5.75. The topological polar surface area (TPSA) is 20.3 Å². The second kappa shape index (κ2) is 3.00. The molecule has 1 saturated heterocycles. The van der Waals surface area contributed by atoms with Crippen LogP contribution in [0.2, 0.25) is 0 Å². The molecule has 0 aromatic carbocycles. The molecule has 1 aliphatic rings. The zero-order valence-corrected chi connectivity index (χ0v) is 9.35. The van der Waals surface area contributed by atoms with Crippen molar-refractivity contribution in [2.24, 2.45) is 0 Å². The summed E-state index contributed by atoms with van der Waals surface area (Å²) >= 11 is 0. The SMILES string of the molecule is CC(=O)N1C(C)(C)[CH]CCC1(C)C. The fourth-order valence-corrected chi connectivity index (χ4v) is 2.59. The summed E-state index contributed by atoms with van der Waals surface area (Å²) in [5.74, 6) is 0.172. The Hall–Kier alpha value is -0.530. The van der Waals surface area contributed by atoms with Gasteiger partial charge in [0.1, 0.15) is 0 Å². The Morgan fingerprint density at radius 2 is 1.85 bits per heavy atom. The van der Waals surface area contributed by atoms with Crippen LogP contribution in [0.1, 0.15) is 47.5 Å². The van der Waals surface area contributed by atoms with Gasteiger partial charge in [0.05, 0.1) is 0 Å². The van der Waals surface area contributed by atoms with Crippen molar-refractivity contribution in [2.45, 2.75) is 58.5 Å². The molecule has 0 unspecified atom stereocenters. The first-order valence-electron chi connectivity index (χ1n) is 4.93. The van der Waals surface area contributed by atoms with Crippen LogP contribution >= 0.6 is 0 Å². The van der Waals surface area contributed by atoms with Gasteiger partial charge in [-0.25, -0.2) is 0 Å². The normalized spacial score (nSPS) is 25.8. The van der Waals surface area contributed by atoms with Crippen LogP contribution in [0.5, 0.6) is 0 Å². The highest BCUT2D eigenvalue weighted by Crippen LogP contribution is 2.37. The lowest BCUT2D eigenvalue weighted by Crippen LogP contribution is -2.60. The first-order chi connectivity index (χ1) is 5.77. The van der Waals surface area contributed by atoms with Gasteiger partial charge in [0.15, 0.2) is 0 Å². The summed E-state index contributed by atoms with van der Waals surface area (Å²) < 4.78 is 0. The van der Waals surface area contributed by atoms with Crippen LogP contribution in [0, 0.1) is 6.42 Å². The van der Waals surface area contributed by atoms with Gasteiger partial charge >= 0.3 is 0 Å². The standard InChI is InChI=1S/C11H20NO/c1-9(13)12-10(2,3)7-6-8-11(12,4)5/h7H,6,8H2,1-5H3. The van der Waals surface area contributed by atoms with E-state index >= 15 is 0 Å². The van der Waals surface area contributed by atoms with Crippen LogP contribution in [-0.2, 0) is 4.79 Å². The Kier molecular flexibility index (Phi) is 2.44. The molecule has 0 N–H and O–H groups in total. The van der Waals surface area contributed by atoms with Crippen LogP contribution in [0.15, 0.2) is 0 Å². The molecule has 0 aromatic rings. The van der Waals surface area contributed by atoms with E-state index in [0.29, 0.717) is 0 Å². The lowest BCUT2D eigenvalue weighted by atomic mass is 9.80. The number of carbonyl (C=O) groups is 1. The van der Waals surface area contributed by atoms with E-state index in [1.165, 1.54) is 0 Å². The highest BCUT2D eigenvalue weighted by atomic mass is 16.2. The molecule has 1 radical (unpaired) electrons. The van der Waals surface area contributed by atoms with Crippen LogP contribution in [-0.4, -0.2) is 21.9 Å². The first kappa shape index (κ1) is 10.6. The minimum absolute atomic E-state index is 0.00405. The monoisotopic (exact) mass is 182 g/mol. The van der Waals surface area contributed by atoms with Crippen molar-refractivity contribution in [2.75, 3.05) is 0 Å². The van der Waals surface area contributed by atoms with Gasteiger partial charge in [-0.3, -0.25) is 4.79 Å². The largest absolute Gasteiger partial charge is 0.332 e. The summed E-state index contributed by atoms with van der Waals surface area (Å²) in [5.41, 5.74) is -0.0856. The van der Waals surface area contributed by atoms with Crippen molar-refractivity contribution in [3.8, 4) is 0 Å². The van der Waals surface area contributed by atoms with Crippen molar-refractivity contribution < 1.29 is 4.79 Å². The lowest BCUT2D eigenvalue weighted by molar-refractivity contribution is -0.142. The quantitative estimate of drug-likeness (QED) is 0.563. The molecule has 0 saturated carbocycles. The average molecular weight is 182 g/mol. The third-order valence-corrected chi connectivity index (χ3v) is 2.90. The van der Waals surface area contributed by atoms with Crippen molar-refractivity contribution in [3.63, 3.8) is 0 Å². The average Bonchev–Trinajstić information content (AvgIpc) is 1.79. The van der Waals surface area contributed by atoms with Gasteiger partial charge in [0.2, 0.25) is 5.91 Å². The number of likely N-dealkylation sites (tertiary alicyclic amines) is 1. The van der Waals surface area contributed by atoms with E-state index in [4.69, 9.17) is 0 Å². The van der Waals surface area contributed by atoms with Crippen molar-refractivity contribution in [1.82, 2.24) is 4.90 Å². The predicted molar refractivity (Wildman–Crippen MR) is 54.2 cm³/mol. The van der Waals surface area contributed by atoms with E-state index in [1.54, 1.807) is 6.92 Å². The third kappa shape index (κ3) is 1.87. The molecule has 0 atom stereocenters. The molecule has 1 aliphatic heterocycles. The first-order valence-corrected chi connectivity index (χ1v) is 4.93. The smallest absolute Gasteiger partial charge is 0.220 e. The molecule has 2 nitrogen and oxygen atoms in total. The molecule has 75 valence electrons. The molecule has 0 bridgehead atoms. The number of carbonyl (C=O) groups excluding carboxylic acids is 1. The molecular weight excluding hydrogens is 162 g/mol. The van der Waals surface area contributed by atoms with E-state index in [-0.39, 0.29) is 17.0 Å². The molecule has 0 aliphatic carbocycles. The van der Waals surface area contributed by atoms with Gasteiger partial charge in [-0.05, 0) is 47.0 Å². The molecule has 1 rings (SSSR count). The zero-order valence-electron chi connectivity index (χ0n) is 9.35. The van der Waals surface area contributed by atoms with Crippen LogP contribution in [0.3, 0.4) is 0 Å². The summed E-state index contributed by atoms with van der Waals surface area (Å²) in [6.07, 6.45) is 4.40. The molecule has 1 fully saturated rings. The number of amides is 1. The van der Waals surface area contributed by atoms with Gasteiger partial charge in [0.25, 0.3) is 0 Å². The van der Waals surface area contributed by atoms with E-state index in [9.17, 15) is 4.79 Å². The van der Waals surface area contributed by atoms with Crippen molar-refractivity contribution in [1.29, 1.82) is 0 Å². The maximum absolute atomic E-state index is 11.5. The summed E-state index contributed by atoms with van der Waals surface area (Å²) in [4.78, 5) is 13.5. The zero-order chi connectivity index (χ0) is 10.3. The Labute approximate surface area is 81.3 Å². The number of nitrogens with zero attached hydrogens (tertiary/aromatic N) is 1. The van der Waals surface area contributed by atoms with Gasteiger partial charge < -0.3 is 4.90 Å². The maximum atomic E-state index is 11.5. The molecule has 0 aromatic heterocycles. The number of rotatable bonds is 0. The molecule has 1 heterocycles. The van der Waals surface area contributed by atoms with E-state index in [2.05, 4.69) is 34.1 Å². The van der Waals surface area contributed by atoms with Gasteiger partial charge in [-0.15, -0.1) is 0 Å². The van der Waals surface area contributed by atoms with Crippen LogP contribution in [0.4, 0.5) is 0 Å². The number of hydrogen-bond acceptors (Lipinski definition) is 1. The number of hydrogen-bond donors (Lipinski definition) is 0. The summed E-state index contributed by atoms with van der Waals surface area (Å²) in [7, 11) is 0. The molecule has 1 amide bonds. The van der Waals surface area contributed by atoms with E-state index < -0.39 is 0 Å². The second-order valence-corrected chi connectivity index (χ2v) is 5.06. The summed E-state index contributed by atoms with van der Waals surface area (Å²) in [6, 6.07) is 0. The third-order valence-electron chi connectivity index (χ3n) is 2.90. The Balaban J connectivity index is 2.98. The van der Waals surface area contributed by atoms with Crippen molar-refractivity contribution in [3.05, 3.63) is 6.42 Å². The van der Waals surface area contributed by atoms with Gasteiger partial charge in [-0.2, -0.15) is 0 Å². The molecular formula is C11H20NO. The van der Waals surface area contributed by atoms with E-state index in [0.717, 1.165) is 12.8 Å². The maximum Gasteiger partial charge on any atom is 0.220 e. The van der Waals surface area contributed by atoms with Crippen LogP contribution in [0.25, 0.3) is 0 Å². The summed E-state index contributed by atoms with van der Waals surface area (Å²) in [6.45, 7) is 10.2.